The van der Waals surface area contributed by atoms with Gasteiger partial charge in [-0.05, 0) is 113 Å². The van der Waals surface area contributed by atoms with E-state index in [-0.39, 0.29) is 0 Å². The Balaban J connectivity index is 1.12. The van der Waals surface area contributed by atoms with E-state index in [0.717, 1.165) is 28.4 Å². The standard InChI is InChI=1S/C43H30OS2/c1-3-8-32-36-24-30(15-19-42(36)45-40(32)4-2)27-10-7-9-26(21-27)28-13-17-38-34(22-28)35-23-29(14-18-39(35)44-38)31-16-20-43-37(25-31)33-11-5-6-12-41(33)46-43/h3,5-25H,4H2,1-2H3/b8-3-. The average Bonchev–Trinajstić information content (AvgIpc) is 3.78. The monoisotopic (exact) mass is 626 g/mol. The number of furan rings is 1. The van der Waals surface area contributed by atoms with Crippen molar-refractivity contribution >= 4 is 80.9 Å². The van der Waals surface area contributed by atoms with Gasteiger partial charge in [0, 0.05) is 45.9 Å². The minimum atomic E-state index is 0.914. The molecule has 0 aliphatic carbocycles. The topological polar surface area (TPSA) is 13.1 Å². The second kappa shape index (κ2) is 10.8. The minimum Gasteiger partial charge on any atom is -0.456 e. The highest BCUT2D eigenvalue weighted by Crippen LogP contribution is 2.40. The number of allylic oxidation sites excluding steroid dienone is 1. The molecule has 1 nitrogen and oxygen atoms in total. The highest BCUT2D eigenvalue weighted by Gasteiger charge is 2.14. The maximum absolute atomic E-state index is 6.32. The van der Waals surface area contributed by atoms with Gasteiger partial charge < -0.3 is 4.42 Å². The summed E-state index contributed by atoms with van der Waals surface area (Å²) in [5.74, 6) is 0. The van der Waals surface area contributed by atoms with Gasteiger partial charge in [-0.1, -0.05) is 79.7 Å². The maximum Gasteiger partial charge on any atom is 0.135 e. The number of benzene rings is 6. The lowest BCUT2D eigenvalue weighted by Gasteiger charge is -2.07. The van der Waals surface area contributed by atoms with Gasteiger partial charge in [-0.25, -0.2) is 0 Å². The molecule has 0 spiro atoms. The number of hydrogen-bond donors (Lipinski definition) is 0. The van der Waals surface area contributed by atoms with Gasteiger partial charge in [0.25, 0.3) is 0 Å². The SMILES string of the molecule is C/C=C\c1c(CC)sc2ccc(-c3cccc(-c4ccc5oc6ccc(-c7ccc8sc9ccccc9c8c7)cc6c5c4)c3)cc12. The number of fused-ring (bicyclic) bond motifs is 7. The first kappa shape index (κ1) is 27.4. The summed E-state index contributed by atoms with van der Waals surface area (Å²) in [5, 5.41) is 6.28. The lowest BCUT2D eigenvalue weighted by atomic mass is 9.96. The number of thiophene rings is 2. The summed E-state index contributed by atoms with van der Waals surface area (Å²) in [6, 6.07) is 44.6. The van der Waals surface area contributed by atoms with Gasteiger partial charge in [-0.15, -0.1) is 22.7 Å². The third-order valence-electron chi connectivity index (χ3n) is 9.17. The van der Waals surface area contributed by atoms with Crippen LogP contribution >= 0.6 is 22.7 Å². The van der Waals surface area contributed by atoms with E-state index in [9.17, 15) is 0 Å². The van der Waals surface area contributed by atoms with Gasteiger partial charge in [-0.2, -0.15) is 0 Å². The number of rotatable bonds is 5. The molecule has 46 heavy (non-hydrogen) atoms. The highest BCUT2D eigenvalue weighted by atomic mass is 32.1. The molecule has 3 aromatic heterocycles. The molecule has 0 radical (unpaired) electrons. The molecule has 0 bridgehead atoms. The van der Waals surface area contributed by atoms with Gasteiger partial charge in [0.15, 0.2) is 0 Å². The van der Waals surface area contributed by atoms with E-state index in [1.165, 1.54) is 74.1 Å². The zero-order valence-corrected chi connectivity index (χ0v) is 27.3. The molecule has 3 heterocycles. The van der Waals surface area contributed by atoms with Crippen molar-refractivity contribution in [2.24, 2.45) is 0 Å². The minimum absolute atomic E-state index is 0.914. The Hall–Kier alpha value is -4.96. The molecule has 0 fully saturated rings. The van der Waals surface area contributed by atoms with Crippen LogP contribution in [0.25, 0.3) is 91.7 Å². The molecule has 0 saturated heterocycles. The lowest BCUT2D eigenvalue weighted by molar-refractivity contribution is 0.669. The van der Waals surface area contributed by atoms with Crippen molar-refractivity contribution in [3.8, 4) is 33.4 Å². The fraction of sp³-hybridized carbons (Fsp3) is 0.0698. The van der Waals surface area contributed by atoms with Crippen molar-refractivity contribution in [3.63, 3.8) is 0 Å². The third-order valence-corrected chi connectivity index (χ3v) is 11.6. The van der Waals surface area contributed by atoms with E-state index in [2.05, 4.69) is 147 Å². The molecule has 220 valence electrons. The van der Waals surface area contributed by atoms with Crippen LogP contribution in [-0.2, 0) is 6.42 Å². The predicted octanol–water partition coefficient (Wildman–Crippen LogP) is 13.8. The van der Waals surface area contributed by atoms with Gasteiger partial charge in [-0.3, -0.25) is 0 Å². The maximum atomic E-state index is 6.32. The first-order valence-electron chi connectivity index (χ1n) is 15.8. The van der Waals surface area contributed by atoms with Gasteiger partial charge in [0.05, 0.1) is 0 Å². The molecular formula is C43H30OS2. The molecule has 9 rings (SSSR count). The van der Waals surface area contributed by atoms with E-state index < -0.39 is 0 Å². The van der Waals surface area contributed by atoms with Crippen molar-refractivity contribution in [2.75, 3.05) is 0 Å². The molecule has 0 saturated carbocycles. The quantitative estimate of drug-likeness (QED) is 0.185. The molecule has 0 aliphatic rings. The van der Waals surface area contributed by atoms with Crippen LogP contribution < -0.4 is 0 Å². The largest absolute Gasteiger partial charge is 0.456 e. The van der Waals surface area contributed by atoms with Crippen LogP contribution in [0.5, 0.6) is 0 Å². The molecule has 0 unspecified atom stereocenters. The van der Waals surface area contributed by atoms with Crippen LogP contribution in [0.4, 0.5) is 0 Å². The van der Waals surface area contributed by atoms with Gasteiger partial charge in [0.2, 0.25) is 0 Å². The second-order valence-electron chi connectivity index (χ2n) is 11.9. The van der Waals surface area contributed by atoms with Gasteiger partial charge in [0.1, 0.15) is 11.2 Å². The van der Waals surface area contributed by atoms with E-state index >= 15 is 0 Å². The number of hydrogen-bond acceptors (Lipinski definition) is 3. The zero-order valence-electron chi connectivity index (χ0n) is 25.6. The summed E-state index contributed by atoms with van der Waals surface area (Å²) in [4.78, 5) is 1.45. The Morgan fingerprint density at radius 3 is 1.70 bits per heavy atom. The molecule has 3 heteroatoms. The van der Waals surface area contributed by atoms with Crippen molar-refractivity contribution < 1.29 is 4.42 Å². The van der Waals surface area contributed by atoms with Gasteiger partial charge >= 0.3 is 0 Å². The molecule has 6 aromatic carbocycles. The van der Waals surface area contributed by atoms with Crippen LogP contribution in [-0.4, -0.2) is 0 Å². The Morgan fingerprint density at radius 2 is 1.04 bits per heavy atom. The van der Waals surface area contributed by atoms with Crippen molar-refractivity contribution in [3.05, 3.63) is 138 Å². The van der Waals surface area contributed by atoms with Crippen molar-refractivity contribution in [2.45, 2.75) is 20.3 Å². The Morgan fingerprint density at radius 1 is 0.500 bits per heavy atom. The highest BCUT2D eigenvalue weighted by molar-refractivity contribution is 7.25. The van der Waals surface area contributed by atoms with Crippen LogP contribution in [0.15, 0.2) is 132 Å². The number of aryl methyl sites for hydroxylation is 1. The van der Waals surface area contributed by atoms with E-state index in [1.54, 1.807) is 0 Å². The summed E-state index contributed by atoms with van der Waals surface area (Å²) in [6.07, 6.45) is 5.46. The zero-order chi connectivity index (χ0) is 30.8. The summed E-state index contributed by atoms with van der Waals surface area (Å²) < 4.78 is 10.3. The Kier molecular flexibility index (Phi) is 6.45. The molecular weight excluding hydrogens is 597 g/mol. The third kappa shape index (κ3) is 4.42. The summed E-state index contributed by atoms with van der Waals surface area (Å²) in [7, 11) is 0. The van der Waals surface area contributed by atoms with Crippen LogP contribution in [0.1, 0.15) is 24.3 Å². The predicted molar refractivity (Wildman–Crippen MR) is 202 cm³/mol. The summed E-state index contributed by atoms with van der Waals surface area (Å²) in [6.45, 7) is 4.34. The van der Waals surface area contributed by atoms with Crippen LogP contribution in [0, 0.1) is 0 Å². The van der Waals surface area contributed by atoms with E-state index in [4.69, 9.17) is 4.42 Å². The second-order valence-corrected chi connectivity index (χ2v) is 14.1. The smallest absolute Gasteiger partial charge is 0.135 e. The molecule has 9 aromatic rings. The Labute approximate surface area is 275 Å². The van der Waals surface area contributed by atoms with Crippen molar-refractivity contribution in [1.29, 1.82) is 0 Å². The van der Waals surface area contributed by atoms with E-state index in [0.29, 0.717) is 0 Å². The first-order chi connectivity index (χ1) is 22.7. The molecule has 0 atom stereocenters. The fourth-order valence-corrected chi connectivity index (χ4v) is 9.08. The average molecular weight is 627 g/mol. The summed E-state index contributed by atoms with van der Waals surface area (Å²) >= 11 is 3.77. The van der Waals surface area contributed by atoms with Crippen LogP contribution in [0.2, 0.25) is 0 Å². The van der Waals surface area contributed by atoms with E-state index in [1.807, 2.05) is 22.7 Å². The fourth-order valence-electron chi connectivity index (χ4n) is 6.88. The Bertz CT molecular complexity index is 2640. The summed E-state index contributed by atoms with van der Waals surface area (Å²) in [5.41, 5.74) is 10.5. The molecule has 0 N–H and O–H groups in total. The van der Waals surface area contributed by atoms with Crippen LogP contribution in [0.3, 0.4) is 0 Å². The molecule has 0 aliphatic heterocycles. The van der Waals surface area contributed by atoms with Crippen molar-refractivity contribution in [1.82, 2.24) is 0 Å². The first-order valence-corrected chi connectivity index (χ1v) is 17.5. The lowest BCUT2D eigenvalue weighted by Crippen LogP contribution is -1.83. The normalized spacial score (nSPS) is 12.1. The molecule has 0 amide bonds.